The van der Waals surface area contributed by atoms with Gasteiger partial charge in [-0.3, -0.25) is 9.97 Å². The van der Waals surface area contributed by atoms with E-state index in [9.17, 15) is 0 Å². The number of hydrogen-bond donors (Lipinski definition) is 2. The monoisotopic (exact) mass is 236 g/mol. The number of H-pyrrole nitrogens is 1. The van der Waals surface area contributed by atoms with E-state index in [-0.39, 0.29) is 6.61 Å². The molecule has 16 heavy (non-hydrogen) atoms. The number of aryl methyl sites for hydroxylation is 1. The molecule has 5 nitrogen and oxygen atoms in total. The van der Waals surface area contributed by atoms with E-state index in [2.05, 4.69) is 15.0 Å². The Hall–Kier alpha value is -1.53. The molecule has 0 saturated heterocycles. The van der Waals surface area contributed by atoms with Crippen LogP contribution >= 0.6 is 12.2 Å². The van der Waals surface area contributed by atoms with Gasteiger partial charge in [0.05, 0.1) is 36.4 Å². The second kappa shape index (κ2) is 4.54. The molecule has 84 valence electrons. The molecule has 0 aromatic carbocycles. The van der Waals surface area contributed by atoms with Crippen molar-refractivity contribution < 1.29 is 5.11 Å². The van der Waals surface area contributed by atoms with Crippen LogP contribution < -0.4 is 0 Å². The highest BCUT2D eigenvalue weighted by atomic mass is 32.1. The van der Waals surface area contributed by atoms with E-state index in [0.717, 1.165) is 17.1 Å². The van der Waals surface area contributed by atoms with Crippen molar-refractivity contribution in [2.75, 3.05) is 0 Å². The molecule has 0 aliphatic heterocycles. The molecular weight excluding hydrogens is 224 g/mol. The smallest absolute Gasteiger partial charge is 0.177 e. The number of aliphatic hydroxyl groups excluding tert-OH is 1. The van der Waals surface area contributed by atoms with Crippen LogP contribution in [0.1, 0.15) is 17.1 Å². The Labute approximate surface area is 97.8 Å². The number of aliphatic hydroxyl groups is 1. The van der Waals surface area contributed by atoms with Gasteiger partial charge in [-0.2, -0.15) is 0 Å². The molecule has 2 rings (SSSR count). The lowest BCUT2D eigenvalue weighted by atomic mass is 10.4. The molecule has 6 heteroatoms. The maximum absolute atomic E-state index is 9.13. The minimum atomic E-state index is -0.0492. The van der Waals surface area contributed by atoms with Gasteiger partial charge in [-0.05, 0) is 19.1 Å². The van der Waals surface area contributed by atoms with Crippen LogP contribution in [0.4, 0.5) is 0 Å². The number of nitrogens with one attached hydrogen (secondary N) is 1. The number of imidazole rings is 1. The zero-order valence-electron chi connectivity index (χ0n) is 8.84. The van der Waals surface area contributed by atoms with E-state index in [1.807, 2.05) is 6.92 Å². The van der Waals surface area contributed by atoms with E-state index >= 15 is 0 Å². The maximum atomic E-state index is 9.13. The highest BCUT2D eigenvalue weighted by Crippen LogP contribution is 2.05. The average Bonchev–Trinajstić information content (AvgIpc) is 2.63. The highest BCUT2D eigenvalue weighted by Gasteiger charge is 2.04. The fourth-order valence-electron chi connectivity index (χ4n) is 1.40. The Balaban J connectivity index is 2.29. The molecule has 0 radical (unpaired) electrons. The van der Waals surface area contributed by atoms with Crippen molar-refractivity contribution in [3.63, 3.8) is 0 Å². The summed E-state index contributed by atoms with van der Waals surface area (Å²) in [6, 6.07) is 0. The van der Waals surface area contributed by atoms with Gasteiger partial charge in [0.2, 0.25) is 0 Å². The number of hydrogen-bond acceptors (Lipinski definition) is 4. The van der Waals surface area contributed by atoms with Crippen LogP contribution in [0.3, 0.4) is 0 Å². The van der Waals surface area contributed by atoms with Crippen LogP contribution in [0.2, 0.25) is 0 Å². The largest absolute Gasteiger partial charge is 0.390 e. The summed E-state index contributed by atoms with van der Waals surface area (Å²) in [5.74, 6) is 0. The Bertz CT molecular complexity index is 528. The molecule has 0 aliphatic carbocycles. The first-order valence-electron chi connectivity index (χ1n) is 4.86. The lowest BCUT2D eigenvalue weighted by molar-refractivity contribution is 0.271. The molecule has 2 N–H and O–H groups in total. The maximum Gasteiger partial charge on any atom is 0.177 e. The van der Waals surface area contributed by atoms with Crippen LogP contribution in [0.15, 0.2) is 18.6 Å². The van der Waals surface area contributed by atoms with Gasteiger partial charge in [-0.1, -0.05) is 0 Å². The molecule has 0 unspecified atom stereocenters. The summed E-state index contributed by atoms with van der Waals surface area (Å²) < 4.78 is 2.38. The summed E-state index contributed by atoms with van der Waals surface area (Å²) in [5, 5.41) is 9.13. The third-order valence-corrected chi connectivity index (χ3v) is 2.61. The zero-order chi connectivity index (χ0) is 11.5. The van der Waals surface area contributed by atoms with Crippen LogP contribution in [0.25, 0.3) is 0 Å². The molecule has 0 aliphatic rings. The topological polar surface area (TPSA) is 66.7 Å². The van der Waals surface area contributed by atoms with Crippen molar-refractivity contribution in [3.05, 3.63) is 40.4 Å². The summed E-state index contributed by atoms with van der Waals surface area (Å²) in [7, 11) is 0. The molecular formula is C10H12N4OS. The molecule has 0 fully saturated rings. The standard InChI is InChI=1S/C10H12N4OS/c1-7-2-12-8(3-11-7)5-14-9(6-15)4-13-10(14)16/h2-4,15H,5-6H2,1H3,(H,13,16). The van der Waals surface area contributed by atoms with E-state index in [4.69, 9.17) is 17.3 Å². The van der Waals surface area contributed by atoms with Crippen LogP contribution in [-0.4, -0.2) is 24.6 Å². The van der Waals surface area contributed by atoms with Gasteiger partial charge in [-0.15, -0.1) is 0 Å². The predicted molar refractivity (Wildman–Crippen MR) is 61.4 cm³/mol. The normalized spacial score (nSPS) is 10.6. The van der Waals surface area contributed by atoms with E-state index < -0.39 is 0 Å². The predicted octanol–water partition coefficient (Wildman–Crippen LogP) is 1.18. The van der Waals surface area contributed by atoms with Gasteiger partial charge < -0.3 is 14.7 Å². The number of rotatable bonds is 3. The van der Waals surface area contributed by atoms with Crippen molar-refractivity contribution in [1.29, 1.82) is 0 Å². The Kier molecular flexibility index (Phi) is 3.12. The lowest BCUT2D eigenvalue weighted by Crippen LogP contribution is -2.06. The average molecular weight is 236 g/mol. The molecule has 0 spiro atoms. The highest BCUT2D eigenvalue weighted by molar-refractivity contribution is 7.71. The van der Waals surface area contributed by atoms with Crippen molar-refractivity contribution in [3.8, 4) is 0 Å². The van der Waals surface area contributed by atoms with Crippen molar-refractivity contribution in [2.24, 2.45) is 0 Å². The lowest BCUT2D eigenvalue weighted by Gasteiger charge is -2.05. The van der Waals surface area contributed by atoms with Crippen molar-refractivity contribution in [2.45, 2.75) is 20.1 Å². The minimum absolute atomic E-state index is 0.0492. The summed E-state index contributed by atoms with van der Waals surface area (Å²) in [4.78, 5) is 11.3. The van der Waals surface area contributed by atoms with Crippen molar-refractivity contribution >= 4 is 12.2 Å². The molecule has 2 aromatic rings. The summed E-state index contributed by atoms with van der Waals surface area (Å²) in [5.41, 5.74) is 2.44. The summed E-state index contributed by atoms with van der Waals surface area (Å²) >= 11 is 5.11. The molecule has 2 aromatic heterocycles. The number of aromatic nitrogens is 4. The second-order valence-electron chi connectivity index (χ2n) is 3.48. The van der Waals surface area contributed by atoms with Gasteiger partial charge in [-0.25, -0.2) is 0 Å². The second-order valence-corrected chi connectivity index (χ2v) is 3.87. The summed E-state index contributed by atoms with van der Waals surface area (Å²) in [6.07, 6.45) is 5.12. The van der Waals surface area contributed by atoms with Gasteiger partial charge in [0.15, 0.2) is 4.77 Å². The van der Waals surface area contributed by atoms with Gasteiger partial charge in [0.25, 0.3) is 0 Å². The van der Waals surface area contributed by atoms with Crippen LogP contribution in [0.5, 0.6) is 0 Å². The Morgan fingerprint density at radius 1 is 1.44 bits per heavy atom. The van der Waals surface area contributed by atoms with Gasteiger partial charge in [0.1, 0.15) is 0 Å². The third kappa shape index (κ3) is 2.17. The first-order valence-corrected chi connectivity index (χ1v) is 5.27. The first-order chi connectivity index (χ1) is 7.70. The fourth-order valence-corrected chi connectivity index (χ4v) is 1.64. The Morgan fingerprint density at radius 2 is 2.25 bits per heavy atom. The van der Waals surface area contributed by atoms with E-state index in [1.54, 1.807) is 23.2 Å². The third-order valence-electron chi connectivity index (χ3n) is 2.27. The molecule has 0 amide bonds. The molecule has 0 bridgehead atoms. The first kappa shape index (κ1) is 11.0. The molecule has 0 saturated carbocycles. The SMILES string of the molecule is Cc1cnc(Cn2c(CO)c[nH]c2=S)cn1. The van der Waals surface area contributed by atoms with Gasteiger partial charge >= 0.3 is 0 Å². The van der Waals surface area contributed by atoms with Crippen LogP contribution in [0, 0.1) is 11.7 Å². The van der Waals surface area contributed by atoms with E-state index in [1.165, 1.54) is 0 Å². The molecule has 0 atom stereocenters. The summed E-state index contributed by atoms with van der Waals surface area (Å²) in [6.45, 7) is 2.36. The Morgan fingerprint density at radius 3 is 2.88 bits per heavy atom. The fraction of sp³-hybridized carbons (Fsp3) is 0.300. The van der Waals surface area contributed by atoms with Gasteiger partial charge in [0, 0.05) is 12.4 Å². The van der Waals surface area contributed by atoms with Crippen molar-refractivity contribution in [1.82, 2.24) is 19.5 Å². The molecule has 2 heterocycles. The van der Waals surface area contributed by atoms with Crippen LogP contribution in [-0.2, 0) is 13.2 Å². The quantitative estimate of drug-likeness (QED) is 0.785. The number of aromatic amines is 1. The minimum Gasteiger partial charge on any atom is -0.390 e. The zero-order valence-corrected chi connectivity index (χ0v) is 9.66. The number of nitrogens with zero attached hydrogens (tertiary/aromatic N) is 3. The van der Waals surface area contributed by atoms with E-state index in [0.29, 0.717) is 11.3 Å².